The molecule has 11 aromatic rings. The monoisotopic (exact) mass is 703 g/mol. The van der Waals surface area contributed by atoms with E-state index in [1.165, 1.54) is 27.5 Å². The second-order valence-electron chi connectivity index (χ2n) is 14.0. The van der Waals surface area contributed by atoms with Crippen LogP contribution in [0, 0.1) is 0 Å². The minimum atomic E-state index is 0.847. The van der Waals surface area contributed by atoms with Gasteiger partial charge < -0.3 is 13.7 Å². The quantitative estimate of drug-likeness (QED) is 0.173. The number of benzene rings is 9. The Balaban J connectivity index is 1.14. The van der Waals surface area contributed by atoms with E-state index in [4.69, 9.17) is 8.83 Å². The highest BCUT2D eigenvalue weighted by Gasteiger charge is 2.25. The zero-order valence-corrected chi connectivity index (χ0v) is 29.8. The first kappa shape index (κ1) is 31.2. The molecular formula is C52H33NO2. The van der Waals surface area contributed by atoms with Crippen molar-refractivity contribution in [3.63, 3.8) is 0 Å². The molecule has 0 aliphatic heterocycles. The molecule has 0 amide bonds. The maximum Gasteiger partial charge on any atom is 0.145 e. The van der Waals surface area contributed by atoms with E-state index < -0.39 is 0 Å². The molecule has 0 fully saturated rings. The number of furan rings is 2. The number of hydrogen-bond donors (Lipinski definition) is 0. The summed E-state index contributed by atoms with van der Waals surface area (Å²) in [4.78, 5) is 2.38. The molecule has 0 radical (unpaired) electrons. The summed E-state index contributed by atoms with van der Waals surface area (Å²) in [6.45, 7) is 0. The van der Waals surface area contributed by atoms with Gasteiger partial charge in [0.05, 0.1) is 22.1 Å². The van der Waals surface area contributed by atoms with Crippen LogP contribution >= 0.6 is 0 Å². The third kappa shape index (κ3) is 5.13. The number of anilines is 3. The number of rotatable bonds is 6. The summed E-state index contributed by atoms with van der Waals surface area (Å²) in [5, 5.41) is 6.75. The van der Waals surface area contributed by atoms with Gasteiger partial charge in [0.1, 0.15) is 22.3 Å². The minimum absolute atomic E-state index is 0.847. The predicted octanol–water partition coefficient (Wildman–Crippen LogP) is 15.1. The zero-order chi connectivity index (χ0) is 36.3. The Hall–Kier alpha value is -7.36. The molecule has 258 valence electrons. The Labute approximate surface area is 317 Å². The first-order valence-electron chi connectivity index (χ1n) is 18.7. The highest BCUT2D eigenvalue weighted by Crippen LogP contribution is 2.49. The summed E-state index contributed by atoms with van der Waals surface area (Å²) >= 11 is 0. The van der Waals surface area contributed by atoms with Crippen molar-refractivity contribution in [2.75, 3.05) is 4.90 Å². The van der Waals surface area contributed by atoms with E-state index in [0.29, 0.717) is 0 Å². The normalized spacial score (nSPS) is 11.6. The van der Waals surface area contributed by atoms with E-state index in [0.717, 1.165) is 77.6 Å². The Bertz CT molecular complexity index is 3190. The SMILES string of the molecule is c1ccc(-c2cccc3ccc(-c4ccc(N(c5cccc6oc7ccccc7c56)c5ccc(-c6ccccc6)c6oc7ccccc7c56)cc4)cc23)cc1. The molecule has 2 heterocycles. The molecule has 0 atom stereocenters. The average Bonchev–Trinajstić information content (AvgIpc) is 3.84. The van der Waals surface area contributed by atoms with Crippen LogP contribution in [0.15, 0.2) is 209 Å². The van der Waals surface area contributed by atoms with E-state index in [1.807, 2.05) is 18.2 Å². The van der Waals surface area contributed by atoms with Gasteiger partial charge in [0.25, 0.3) is 0 Å². The van der Waals surface area contributed by atoms with Crippen LogP contribution in [-0.2, 0) is 0 Å². The molecule has 55 heavy (non-hydrogen) atoms. The molecule has 0 N–H and O–H groups in total. The summed E-state index contributed by atoms with van der Waals surface area (Å²) < 4.78 is 13.2. The van der Waals surface area contributed by atoms with Gasteiger partial charge >= 0.3 is 0 Å². The maximum absolute atomic E-state index is 6.75. The lowest BCUT2D eigenvalue weighted by atomic mass is 9.94. The van der Waals surface area contributed by atoms with E-state index in [2.05, 4.69) is 187 Å². The maximum atomic E-state index is 6.75. The summed E-state index contributed by atoms with van der Waals surface area (Å²) in [5.41, 5.74) is 13.5. The predicted molar refractivity (Wildman–Crippen MR) is 229 cm³/mol. The number of para-hydroxylation sites is 2. The first-order chi connectivity index (χ1) is 27.3. The second kappa shape index (κ2) is 12.6. The molecular weight excluding hydrogens is 671 g/mol. The van der Waals surface area contributed by atoms with Gasteiger partial charge in [-0.25, -0.2) is 0 Å². The van der Waals surface area contributed by atoms with Gasteiger partial charge in [-0.3, -0.25) is 0 Å². The summed E-state index contributed by atoms with van der Waals surface area (Å²) in [6.07, 6.45) is 0. The summed E-state index contributed by atoms with van der Waals surface area (Å²) in [5.74, 6) is 0. The molecule has 0 saturated carbocycles. The molecule has 0 spiro atoms. The lowest BCUT2D eigenvalue weighted by Crippen LogP contribution is -2.11. The molecule has 9 aromatic carbocycles. The molecule has 0 bridgehead atoms. The van der Waals surface area contributed by atoms with Crippen LogP contribution in [0.2, 0.25) is 0 Å². The van der Waals surface area contributed by atoms with E-state index in [9.17, 15) is 0 Å². The van der Waals surface area contributed by atoms with Crippen LogP contribution in [0.4, 0.5) is 17.1 Å². The van der Waals surface area contributed by atoms with Gasteiger partial charge in [-0.15, -0.1) is 0 Å². The fourth-order valence-corrected chi connectivity index (χ4v) is 8.32. The van der Waals surface area contributed by atoms with Crippen molar-refractivity contribution in [3.8, 4) is 33.4 Å². The number of nitrogens with zero attached hydrogens (tertiary/aromatic N) is 1. The van der Waals surface area contributed by atoms with Crippen molar-refractivity contribution >= 4 is 71.7 Å². The lowest BCUT2D eigenvalue weighted by Gasteiger charge is -2.27. The lowest BCUT2D eigenvalue weighted by molar-refractivity contribution is 0.669. The summed E-state index contributed by atoms with van der Waals surface area (Å²) in [7, 11) is 0. The van der Waals surface area contributed by atoms with Gasteiger partial charge in [0.2, 0.25) is 0 Å². The molecule has 0 aliphatic carbocycles. The van der Waals surface area contributed by atoms with E-state index >= 15 is 0 Å². The van der Waals surface area contributed by atoms with Crippen LogP contribution in [0.25, 0.3) is 88.0 Å². The molecule has 0 saturated heterocycles. The average molecular weight is 704 g/mol. The topological polar surface area (TPSA) is 29.5 Å². The fraction of sp³-hybridized carbons (Fsp3) is 0. The fourth-order valence-electron chi connectivity index (χ4n) is 8.32. The van der Waals surface area contributed by atoms with Crippen LogP contribution in [0.5, 0.6) is 0 Å². The third-order valence-electron chi connectivity index (χ3n) is 10.9. The van der Waals surface area contributed by atoms with Crippen LogP contribution in [0.3, 0.4) is 0 Å². The van der Waals surface area contributed by atoms with Crippen LogP contribution < -0.4 is 4.90 Å². The van der Waals surface area contributed by atoms with Gasteiger partial charge in [-0.2, -0.15) is 0 Å². The van der Waals surface area contributed by atoms with Crippen molar-refractivity contribution in [2.24, 2.45) is 0 Å². The zero-order valence-electron chi connectivity index (χ0n) is 29.8. The van der Waals surface area contributed by atoms with E-state index in [-0.39, 0.29) is 0 Å². The highest BCUT2D eigenvalue weighted by molar-refractivity contribution is 6.20. The van der Waals surface area contributed by atoms with Crippen molar-refractivity contribution < 1.29 is 8.83 Å². The Morgan fingerprint density at radius 2 is 0.927 bits per heavy atom. The first-order valence-corrected chi connectivity index (χ1v) is 18.7. The van der Waals surface area contributed by atoms with Crippen molar-refractivity contribution in [3.05, 3.63) is 200 Å². The molecule has 0 aliphatic rings. The molecule has 0 unspecified atom stereocenters. The highest BCUT2D eigenvalue weighted by atomic mass is 16.3. The minimum Gasteiger partial charge on any atom is -0.456 e. The van der Waals surface area contributed by atoms with Crippen molar-refractivity contribution in [1.82, 2.24) is 0 Å². The number of fused-ring (bicyclic) bond motifs is 7. The van der Waals surface area contributed by atoms with Crippen LogP contribution in [0.1, 0.15) is 0 Å². The van der Waals surface area contributed by atoms with E-state index in [1.54, 1.807) is 0 Å². The molecule has 2 aromatic heterocycles. The van der Waals surface area contributed by atoms with Gasteiger partial charge in [0.15, 0.2) is 0 Å². The molecule has 11 rings (SSSR count). The standard InChI is InChI=1S/C52H33NO2/c1-3-13-35(14-4-1)40-20-11-17-37-25-26-38(33-44(37)40)34-27-29-39(30-28-34)53(45-21-12-24-49-50(45)42-18-7-9-22-47(42)54-49)46-32-31-41(36-15-5-2-6-16-36)52-51(46)43-19-8-10-23-48(43)55-52/h1-33H. The second-order valence-corrected chi connectivity index (χ2v) is 14.0. The van der Waals surface area contributed by atoms with Gasteiger partial charge in [0, 0.05) is 22.0 Å². The summed E-state index contributed by atoms with van der Waals surface area (Å²) in [6, 6.07) is 70.9. The Morgan fingerprint density at radius 1 is 0.327 bits per heavy atom. The van der Waals surface area contributed by atoms with Gasteiger partial charge in [-0.1, -0.05) is 146 Å². The molecule has 3 nitrogen and oxygen atoms in total. The van der Waals surface area contributed by atoms with Crippen LogP contribution in [-0.4, -0.2) is 0 Å². The van der Waals surface area contributed by atoms with Gasteiger partial charge in [-0.05, 0) is 93.2 Å². The smallest absolute Gasteiger partial charge is 0.145 e. The van der Waals surface area contributed by atoms with Crippen molar-refractivity contribution in [1.29, 1.82) is 0 Å². The van der Waals surface area contributed by atoms with Crippen molar-refractivity contribution in [2.45, 2.75) is 0 Å². The largest absolute Gasteiger partial charge is 0.456 e. The third-order valence-corrected chi connectivity index (χ3v) is 10.9. The Kier molecular flexibility index (Phi) is 7.17. The molecule has 3 heteroatoms. The Morgan fingerprint density at radius 3 is 1.69 bits per heavy atom. The number of hydrogen-bond acceptors (Lipinski definition) is 3.